The molecule has 2 unspecified atom stereocenters. The average molecular weight is 434 g/mol. The Morgan fingerprint density at radius 1 is 1.20 bits per heavy atom. The Labute approximate surface area is 176 Å². The minimum Gasteiger partial charge on any atom is -0.496 e. The normalized spacial score (nSPS) is 18.7. The third-order valence-electron chi connectivity index (χ3n) is 5.57. The molecule has 1 heterocycles. The van der Waals surface area contributed by atoms with Crippen molar-refractivity contribution >= 4 is 32.5 Å². The van der Waals surface area contributed by atoms with E-state index in [0.29, 0.717) is 18.6 Å². The molecule has 30 heavy (non-hydrogen) atoms. The molecular weight excluding hydrogens is 406 g/mol. The van der Waals surface area contributed by atoms with Crippen LogP contribution in [0.25, 0.3) is 10.8 Å². The number of ether oxygens (including phenoxy) is 2. The number of hydrogen-bond acceptors (Lipinski definition) is 6. The van der Waals surface area contributed by atoms with E-state index in [1.54, 1.807) is 17.0 Å². The number of carbonyl (C=O) groups excluding carboxylic acids is 2. The lowest BCUT2D eigenvalue weighted by atomic mass is 10.1. The lowest BCUT2D eigenvalue weighted by molar-refractivity contribution is -0.138. The number of amides is 1. The number of methoxy groups -OCH3 is 1. The first-order valence-electron chi connectivity index (χ1n) is 10.0. The summed E-state index contributed by atoms with van der Waals surface area (Å²) in [6.45, 7) is 3.35. The number of hydrogen-bond donors (Lipinski definition) is 0. The predicted molar refractivity (Wildman–Crippen MR) is 114 cm³/mol. The van der Waals surface area contributed by atoms with Gasteiger partial charge in [0, 0.05) is 12.1 Å². The fraction of sp³-hybridized carbons (Fsp3) is 0.455. The summed E-state index contributed by atoms with van der Waals surface area (Å²) in [4.78, 5) is 27.1. The van der Waals surface area contributed by atoms with Gasteiger partial charge in [0.15, 0.2) is 16.4 Å². The fourth-order valence-corrected chi connectivity index (χ4v) is 5.54. The number of nitrogens with zero attached hydrogens (tertiary/aromatic N) is 1. The number of benzene rings is 2. The molecule has 2 aromatic rings. The van der Waals surface area contributed by atoms with Crippen molar-refractivity contribution in [1.29, 1.82) is 0 Å². The predicted octanol–water partition coefficient (Wildman–Crippen LogP) is 2.82. The maximum absolute atomic E-state index is 12.9. The highest BCUT2D eigenvalue weighted by atomic mass is 32.2. The van der Waals surface area contributed by atoms with Crippen LogP contribution < -0.4 is 4.74 Å². The van der Waals surface area contributed by atoms with Crippen molar-refractivity contribution in [2.45, 2.75) is 38.8 Å². The first kappa shape index (κ1) is 22.1. The van der Waals surface area contributed by atoms with Crippen molar-refractivity contribution < 1.29 is 27.5 Å². The molecule has 8 heteroatoms. The minimum absolute atomic E-state index is 0.0461. The maximum Gasteiger partial charge on any atom is 0.342 e. The molecule has 7 nitrogen and oxygen atoms in total. The molecule has 2 atom stereocenters. The van der Waals surface area contributed by atoms with Gasteiger partial charge in [0.05, 0.1) is 18.6 Å². The van der Waals surface area contributed by atoms with E-state index in [0.717, 1.165) is 10.8 Å². The molecule has 3 rings (SSSR count). The zero-order valence-corrected chi connectivity index (χ0v) is 18.3. The van der Waals surface area contributed by atoms with Crippen molar-refractivity contribution in [1.82, 2.24) is 4.90 Å². The lowest BCUT2D eigenvalue weighted by Crippen LogP contribution is -2.48. The van der Waals surface area contributed by atoms with Crippen LogP contribution in [0.1, 0.15) is 37.0 Å². The first-order chi connectivity index (χ1) is 14.3. The molecule has 162 valence electrons. The summed E-state index contributed by atoms with van der Waals surface area (Å²) < 4.78 is 34.4. The molecule has 0 aliphatic carbocycles. The SMILES string of the molecule is CCC(C)N(C(=O)COC(=O)c1cc2ccccc2cc1OC)C1CCS(=O)(=O)C1. The molecule has 0 saturated carbocycles. The van der Waals surface area contributed by atoms with Crippen molar-refractivity contribution in [3.8, 4) is 5.75 Å². The molecule has 0 aromatic heterocycles. The largest absolute Gasteiger partial charge is 0.496 e. The Bertz CT molecular complexity index is 1050. The van der Waals surface area contributed by atoms with Gasteiger partial charge < -0.3 is 14.4 Å². The van der Waals surface area contributed by atoms with Gasteiger partial charge in [0.25, 0.3) is 5.91 Å². The van der Waals surface area contributed by atoms with E-state index in [4.69, 9.17) is 9.47 Å². The molecule has 1 aliphatic heterocycles. The number of esters is 1. The second-order valence-corrected chi connectivity index (χ2v) is 9.82. The smallest absolute Gasteiger partial charge is 0.342 e. The van der Waals surface area contributed by atoms with E-state index >= 15 is 0 Å². The second kappa shape index (κ2) is 9.04. The quantitative estimate of drug-likeness (QED) is 0.624. The van der Waals surface area contributed by atoms with E-state index in [1.807, 2.05) is 38.1 Å². The zero-order chi connectivity index (χ0) is 21.9. The van der Waals surface area contributed by atoms with Gasteiger partial charge in [-0.15, -0.1) is 0 Å². The molecule has 0 spiro atoms. The van der Waals surface area contributed by atoms with E-state index in [2.05, 4.69) is 0 Å². The summed E-state index contributed by atoms with van der Waals surface area (Å²) in [6.07, 6.45) is 1.08. The fourth-order valence-electron chi connectivity index (χ4n) is 3.83. The van der Waals surface area contributed by atoms with E-state index < -0.39 is 22.4 Å². The first-order valence-corrected chi connectivity index (χ1v) is 11.8. The van der Waals surface area contributed by atoms with Crippen LogP contribution in [0, 0.1) is 0 Å². The summed E-state index contributed by atoms with van der Waals surface area (Å²) in [6, 6.07) is 10.5. The van der Waals surface area contributed by atoms with Gasteiger partial charge in [0.1, 0.15) is 11.3 Å². The second-order valence-electron chi connectivity index (χ2n) is 7.59. The molecular formula is C22H27NO6S. The van der Waals surface area contributed by atoms with Crippen LogP contribution in [0.3, 0.4) is 0 Å². The van der Waals surface area contributed by atoms with Gasteiger partial charge in [-0.3, -0.25) is 4.79 Å². The van der Waals surface area contributed by atoms with Crippen LogP contribution in [0.2, 0.25) is 0 Å². The van der Waals surface area contributed by atoms with Gasteiger partial charge in [-0.1, -0.05) is 31.2 Å². The molecule has 0 N–H and O–H groups in total. The summed E-state index contributed by atoms with van der Waals surface area (Å²) >= 11 is 0. The standard InChI is InChI=1S/C22H27NO6S/c1-4-15(2)23(18-9-10-30(26,27)14-18)21(24)13-29-22(25)19-11-16-7-5-6-8-17(16)12-20(19)28-3/h5-8,11-12,15,18H,4,9-10,13-14H2,1-3H3. The molecule has 2 aromatic carbocycles. The van der Waals surface area contributed by atoms with Crippen LogP contribution in [0.4, 0.5) is 0 Å². The topological polar surface area (TPSA) is 90.0 Å². The van der Waals surface area contributed by atoms with Crippen molar-refractivity contribution in [3.63, 3.8) is 0 Å². The maximum atomic E-state index is 12.9. The van der Waals surface area contributed by atoms with Gasteiger partial charge in [-0.2, -0.15) is 0 Å². The Morgan fingerprint density at radius 2 is 1.87 bits per heavy atom. The van der Waals surface area contributed by atoms with Crippen LogP contribution in [-0.2, 0) is 19.4 Å². The number of sulfone groups is 1. The lowest BCUT2D eigenvalue weighted by Gasteiger charge is -2.33. The van der Waals surface area contributed by atoms with Gasteiger partial charge in [-0.25, -0.2) is 13.2 Å². The summed E-state index contributed by atoms with van der Waals surface area (Å²) in [5.74, 6) is -0.651. The molecule has 0 bridgehead atoms. The summed E-state index contributed by atoms with van der Waals surface area (Å²) in [5.41, 5.74) is 0.238. The van der Waals surface area contributed by atoms with Gasteiger partial charge >= 0.3 is 5.97 Å². The minimum atomic E-state index is -3.14. The number of carbonyl (C=O) groups is 2. The Balaban J connectivity index is 1.75. The van der Waals surface area contributed by atoms with E-state index in [1.165, 1.54) is 7.11 Å². The van der Waals surface area contributed by atoms with Gasteiger partial charge in [0.2, 0.25) is 0 Å². The average Bonchev–Trinajstić information content (AvgIpc) is 3.09. The Morgan fingerprint density at radius 3 is 2.43 bits per heavy atom. The van der Waals surface area contributed by atoms with Crippen LogP contribution >= 0.6 is 0 Å². The van der Waals surface area contributed by atoms with Gasteiger partial charge in [-0.05, 0) is 42.7 Å². The molecule has 1 fully saturated rings. The molecule has 1 aliphatic rings. The third kappa shape index (κ3) is 4.75. The van der Waals surface area contributed by atoms with Crippen molar-refractivity contribution in [2.75, 3.05) is 25.2 Å². The highest BCUT2D eigenvalue weighted by molar-refractivity contribution is 7.91. The van der Waals surface area contributed by atoms with Crippen molar-refractivity contribution in [3.05, 3.63) is 42.0 Å². The van der Waals surface area contributed by atoms with Crippen LogP contribution in [0.15, 0.2) is 36.4 Å². The van der Waals surface area contributed by atoms with E-state index in [-0.39, 0.29) is 35.1 Å². The zero-order valence-electron chi connectivity index (χ0n) is 17.5. The molecule has 0 radical (unpaired) electrons. The Hall–Kier alpha value is -2.61. The van der Waals surface area contributed by atoms with Crippen LogP contribution in [0.5, 0.6) is 5.75 Å². The van der Waals surface area contributed by atoms with Crippen molar-refractivity contribution in [2.24, 2.45) is 0 Å². The highest BCUT2D eigenvalue weighted by Crippen LogP contribution is 2.27. The molecule has 1 amide bonds. The summed E-state index contributed by atoms with van der Waals surface area (Å²) in [5, 5.41) is 1.78. The van der Waals surface area contributed by atoms with E-state index in [9.17, 15) is 18.0 Å². The monoisotopic (exact) mass is 433 g/mol. The number of fused-ring (bicyclic) bond motifs is 1. The summed E-state index contributed by atoms with van der Waals surface area (Å²) in [7, 11) is -1.67. The third-order valence-corrected chi connectivity index (χ3v) is 7.32. The number of rotatable bonds is 7. The molecule has 1 saturated heterocycles. The van der Waals surface area contributed by atoms with Crippen LogP contribution in [-0.4, -0.2) is 62.5 Å². The Kier molecular flexibility index (Phi) is 6.65. The highest BCUT2D eigenvalue weighted by Gasteiger charge is 2.36.